The average molecular weight is 362 g/mol. The van der Waals surface area contributed by atoms with Crippen molar-refractivity contribution in [3.8, 4) is 11.3 Å². The van der Waals surface area contributed by atoms with Gasteiger partial charge in [0, 0.05) is 5.56 Å². The number of nitrogens with zero attached hydrogens (tertiary/aromatic N) is 3. The molecule has 0 fully saturated rings. The largest absolute Gasteiger partial charge is 0.416 e. The summed E-state index contributed by atoms with van der Waals surface area (Å²) in [6.45, 7) is 0. The second kappa shape index (κ2) is 6.87. The Balaban J connectivity index is 1.72. The quantitative estimate of drug-likeness (QED) is 0.717. The minimum absolute atomic E-state index is 0.0000148. The molecule has 132 valence electrons. The standard InChI is InChI=1S/C17H10F4N4O/c18-12-5-6-14(22-9-12)16(26)23-15-8-7-13(24-25-15)10-1-3-11(4-2-10)17(19,20)21/h1-9H,(H,23,25,26). The molecule has 1 amide bonds. The van der Waals surface area contributed by atoms with E-state index in [2.05, 4.69) is 20.5 Å². The normalized spacial score (nSPS) is 11.2. The highest BCUT2D eigenvalue weighted by molar-refractivity contribution is 6.02. The van der Waals surface area contributed by atoms with Gasteiger partial charge in [0.1, 0.15) is 11.5 Å². The smallest absolute Gasteiger partial charge is 0.304 e. The van der Waals surface area contributed by atoms with Gasteiger partial charge in [-0.05, 0) is 36.4 Å². The third-order valence-electron chi connectivity index (χ3n) is 3.37. The van der Waals surface area contributed by atoms with Gasteiger partial charge in [0.15, 0.2) is 5.82 Å². The van der Waals surface area contributed by atoms with Crippen molar-refractivity contribution >= 4 is 11.7 Å². The summed E-state index contributed by atoms with van der Waals surface area (Å²) in [5.74, 6) is -1.04. The van der Waals surface area contributed by atoms with Crippen LogP contribution in [0.2, 0.25) is 0 Å². The molecule has 0 saturated carbocycles. The summed E-state index contributed by atoms with van der Waals surface area (Å²) in [5, 5.41) is 10.1. The molecule has 0 saturated heterocycles. The van der Waals surface area contributed by atoms with Crippen LogP contribution < -0.4 is 5.32 Å². The van der Waals surface area contributed by atoms with Gasteiger partial charge in [0.25, 0.3) is 5.91 Å². The zero-order valence-electron chi connectivity index (χ0n) is 13.0. The number of pyridine rings is 1. The molecule has 9 heteroatoms. The molecule has 0 unspecified atom stereocenters. The predicted molar refractivity (Wildman–Crippen MR) is 84.6 cm³/mol. The molecule has 2 aromatic heterocycles. The van der Waals surface area contributed by atoms with Crippen molar-refractivity contribution in [2.75, 3.05) is 5.32 Å². The lowest BCUT2D eigenvalue weighted by molar-refractivity contribution is -0.137. The lowest BCUT2D eigenvalue weighted by atomic mass is 10.1. The Morgan fingerprint density at radius 2 is 1.65 bits per heavy atom. The predicted octanol–water partition coefficient (Wildman–Crippen LogP) is 3.95. The number of hydrogen-bond donors (Lipinski definition) is 1. The van der Waals surface area contributed by atoms with Gasteiger partial charge >= 0.3 is 6.18 Å². The lowest BCUT2D eigenvalue weighted by Gasteiger charge is -2.07. The Kier molecular flexibility index (Phi) is 4.61. The molecule has 3 rings (SSSR count). The van der Waals surface area contributed by atoms with Crippen molar-refractivity contribution in [2.45, 2.75) is 6.18 Å². The first-order valence-corrected chi connectivity index (χ1v) is 7.27. The summed E-state index contributed by atoms with van der Waals surface area (Å²) < 4.78 is 50.5. The number of alkyl halides is 3. The second-order valence-corrected chi connectivity index (χ2v) is 5.19. The molecule has 0 bridgehead atoms. The third kappa shape index (κ3) is 4.00. The van der Waals surface area contributed by atoms with Crippen LogP contribution in [0.25, 0.3) is 11.3 Å². The van der Waals surface area contributed by atoms with Crippen LogP contribution in [0.15, 0.2) is 54.7 Å². The zero-order chi connectivity index (χ0) is 18.7. The van der Waals surface area contributed by atoms with Crippen LogP contribution >= 0.6 is 0 Å². The van der Waals surface area contributed by atoms with E-state index < -0.39 is 23.5 Å². The van der Waals surface area contributed by atoms with E-state index in [0.29, 0.717) is 11.3 Å². The first-order chi connectivity index (χ1) is 12.3. The number of hydrogen-bond acceptors (Lipinski definition) is 4. The molecule has 0 radical (unpaired) electrons. The minimum Gasteiger partial charge on any atom is -0.304 e. The van der Waals surface area contributed by atoms with Crippen LogP contribution in [0.1, 0.15) is 16.1 Å². The number of rotatable bonds is 3. The molecule has 0 atom stereocenters. The van der Waals surface area contributed by atoms with E-state index in [1.165, 1.54) is 30.3 Å². The van der Waals surface area contributed by atoms with Crippen LogP contribution in [0.3, 0.4) is 0 Å². The van der Waals surface area contributed by atoms with Crippen molar-refractivity contribution in [3.05, 3.63) is 71.8 Å². The van der Waals surface area contributed by atoms with Gasteiger partial charge in [-0.25, -0.2) is 9.37 Å². The van der Waals surface area contributed by atoms with Crippen LogP contribution in [0, 0.1) is 5.82 Å². The Morgan fingerprint density at radius 1 is 0.923 bits per heavy atom. The number of halogens is 4. The number of nitrogens with one attached hydrogen (secondary N) is 1. The monoisotopic (exact) mass is 362 g/mol. The van der Waals surface area contributed by atoms with Crippen molar-refractivity contribution in [3.63, 3.8) is 0 Å². The summed E-state index contributed by atoms with van der Waals surface area (Å²) >= 11 is 0. The fourth-order valence-electron chi connectivity index (χ4n) is 2.07. The first-order valence-electron chi connectivity index (χ1n) is 7.27. The maximum Gasteiger partial charge on any atom is 0.416 e. The fourth-order valence-corrected chi connectivity index (χ4v) is 2.07. The molecular formula is C17H10F4N4O. The summed E-state index contributed by atoms with van der Waals surface area (Å²) in [6.07, 6.45) is -3.50. The molecule has 3 aromatic rings. The molecular weight excluding hydrogens is 352 g/mol. The molecule has 2 heterocycles. The number of amides is 1. The fraction of sp³-hybridized carbons (Fsp3) is 0.0588. The van der Waals surface area contributed by atoms with E-state index in [1.807, 2.05) is 0 Å². The van der Waals surface area contributed by atoms with E-state index in [0.717, 1.165) is 24.4 Å². The van der Waals surface area contributed by atoms with Crippen LogP contribution in [-0.4, -0.2) is 21.1 Å². The maximum absolute atomic E-state index is 12.8. The van der Waals surface area contributed by atoms with Gasteiger partial charge in [0.2, 0.25) is 0 Å². The van der Waals surface area contributed by atoms with Gasteiger partial charge in [-0.15, -0.1) is 10.2 Å². The number of anilines is 1. The van der Waals surface area contributed by atoms with E-state index in [-0.39, 0.29) is 11.5 Å². The summed E-state index contributed by atoms with van der Waals surface area (Å²) in [4.78, 5) is 15.6. The van der Waals surface area contributed by atoms with Gasteiger partial charge in [0.05, 0.1) is 17.5 Å². The molecule has 0 aliphatic carbocycles. The van der Waals surface area contributed by atoms with Crippen LogP contribution in [0.5, 0.6) is 0 Å². The molecule has 26 heavy (non-hydrogen) atoms. The Morgan fingerprint density at radius 3 is 2.19 bits per heavy atom. The molecule has 1 N–H and O–H groups in total. The van der Waals surface area contributed by atoms with E-state index in [4.69, 9.17) is 0 Å². The molecule has 0 spiro atoms. The minimum atomic E-state index is -4.41. The number of carbonyl (C=O) groups is 1. The zero-order valence-corrected chi connectivity index (χ0v) is 13.0. The van der Waals surface area contributed by atoms with Crippen LogP contribution in [-0.2, 0) is 6.18 Å². The average Bonchev–Trinajstić information content (AvgIpc) is 2.62. The van der Waals surface area contributed by atoms with Gasteiger partial charge in [-0.1, -0.05) is 12.1 Å². The van der Waals surface area contributed by atoms with Crippen molar-refractivity contribution in [2.24, 2.45) is 0 Å². The SMILES string of the molecule is O=C(Nc1ccc(-c2ccc(C(F)(F)F)cc2)nn1)c1ccc(F)cn1. The van der Waals surface area contributed by atoms with Crippen molar-refractivity contribution in [1.82, 2.24) is 15.2 Å². The summed E-state index contributed by atoms with van der Waals surface area (Å²) in [6, 6.07) is 9.74. The molecule has 1 aromatic carbocycles. The Labute approximate surface area is 144 Å². The highest BCUT2D eigenvalue weighted by Gasteiger charge is 2.30. The van der Waals surface area contributed by atoms with E-state index in [1.54, 1.807) is 0 Å². The summed E-state index contributed by atoms with van der Waals surface area (Å²) in [7, 11) is 0. The van der Waals surface area contributed by atoms with Gasteiger partial charge in [-0.2, -0.15) is 13.2 Å². The molecule has 0 aliphatic heterocycles. The molecule has 0 aliphatic rings. The molecule has 5 nitrogen and oxygen atoms in total. The second-order valence-electron chi connectivity index (χ2n) is 5.19. The Hall–Kier alpha value is -3.36. The van der Waals surface area contributed by atoms with Gasteiger partial charge in [-0.3, -0.25) is 4.79 Å². The topological polar surface area (TPSA) is 67.8 Å². The summed E-state index contributed by atoms with van der Waals surface area (Å²) in [5.41, 5.74) is 0.0325. The van der Waals surface area contributed by atoms with E-state index in [9.17, 15) is 22.4 Å². The number of aromatic nitrogens is 3. The lowest BCUT2D eigenvalue weighted by Crippen LogP contribution is -2.15. The Bertz CT molecular complexity index is 907. The van der Waals surface area contributed by atoms with Crippen LogP contribution in [0.4, 0.5) is 23.4 Å². The highest BCUT2D eigenvalue weighted by Crippen LogP contribution is 2.30. The maximum atomic E-state index is 12.8. The van der Waals surface area contributed by atoms with Crippen molar-refractivity contribution < 1.29 is 22.4 Å². The van der Waals surface area contributed by atoms with E-state index >= 15 is 0 Å². The van der Waals surface area contributed by atoms with Crippen molar-refractivity contribution in [1.29, 1.82) is 0 Å². The number of benzene rings is 1. The third-order valence-corrected chi connectivity index (χ3v) is 3.37. The highest BCUT2D eigenvalue weighted by atomic mass is 19.4. The first kappa shape index (κ1) is 17.5. The van der Waals surface area contributed by atoms with Gasteiger partial charge < -0.3 is 5.32 Å². The number of carbonyl (C=O) groups excluding carboxylic acids is 1.